The van der Waals surface area contributed by atoms with Crippen molar-refractivity contribution in [1.29, 1.82) is 0 Å². The zero-order chi connectivity index (χ0) is 70.4. The lowest BCUT2D eigenvalue weighted by atomic mass is 10.0. The van der Waals surface area contributed by atoms with E-state index in [1.54, 1.807) is 0 Å². The number of carbonyl (C=O) groups excluding carboxylic acids is 3. The largest absolute Gasteiger partial charge is 0.545 e. The molecule has 0 amide bonds. The number of likely N-dealkylation sites (N-methyl/N-ethyl adjacent to an activating group) is 1. The SMILES string of the molecule is CCCCCCC/C=C\C/C=C\C/C=C\CCCCCCCCCCCCCCCCCCCCCCCCCCCCC(=O)OC(COC(=O)CCCCCCCCCCCCCCCCCCCCCCCCCCCCCCCCC)COC(OCC[N+](C)(C)C)C(=O)[O-]. The number of allylic oxidation sites excluding steroid dienone is 6. The van der Waals surface area contributed by atoms with Crippen molar-refractivity contribution < 1.29 is 42.9 Å². The number of quaternary nitrogens is 1. The van der Waals surface area contributed by atoms with Gasteiger partial charge in [0.15, 0.2) is 12.4 Å². The van der Waals surface area contributed by atoms with Crippen LogP contribution in [-0.4, -0.2) is 82.3 Å². The Morgan fingerprint density at radius 1 is 0.309 bits per heavy atom. The number of unbranched alkanes of at least 4 members (excludes halogenated alkanes) is 61. The maximum atomic E-state index is 13.0. The third-order valence-electron chi connectivity index (χ3n) is 19.9. The van der Waals surface area contributed by atoms with Gasteiger partial charge in [-0.2, -0.15) is 0 Å². The molecule has 0 aromatic carbocycles. The Morgan fingerprint density at radius 3 is 0.825 bits per heavy atom. The molecule has 0 spiro atoms. The van der Waals surface area contributed by atoms with Gasteiger partial charge in [0.25, 0.3) is 0 Å². The minimum Gasteiger partial charge on any atom is -0.545 e. The molecule has 0 saturated heterocycles. The van der Waals surface area contributed by atoms with Gasteiger partial charge in [-0.3, -0.25) is 9.59 Å². The first-order chi connectivity index (χ1) is 47.6. The summed E-state index contributed by atoms with van der Waals surface area (Å²) in [6, 6.07) is 0. The number of nitrogens with zero attached hydrogens (tertiary/aromatic N) is 1. The molecule has 0 saturated carbocycles. The summed E-state index contributed by atoms with van der Waals surface area (Å²) < 4.78 is 22.9. The number of ether oxygens (including phenoxy) is 4. The van der Waals surface area contributed by atoms with E-state index >= 15 is 0 Å². The van der Waals surface area contributed by atoms with Gasteiger partial charge in [-0.05, 0) is 51.4 Å². The highest BCUT2D eigenvalue weighted by Gasteiger charge is 2.22. The number of carboxylic acids is 1. The molecular weight excluding hydrogens is 1200 g/mol. The number of carbonyl (C=O) groups is 3. The normalized spacial score (nSPS) is 12.7. The third-order valence-corrected chi connectivity index (χ3v) is 19.9. The smallest absolute Gasteiger partial charge is 0.306 e. The van der Waals surface area contributed by atoms with Crippen molar-refractivity contribution in [1.82, 2.24) is 0 Å². The summed E-state index contributed by atoms with van der Waals surface area (Å²) in [6.45, 7) is 4.83. The molecule has 0 bridgehead atoms. The van der Waals surface area contributed by atoms with Crippen molar-refractivity contribution in [3.63, 3.8) is 0 Å². The minimum atomic E-state index is -1.62. The Kier molecular flexibility index (Phi) is 77.2. The van der Waals surface area contributed by atoms with Crippen LogP contribution in [0.3, 0.4) is 0 Å². The average molecular weight is 1370 g/mol. The fourth-order valence-corrected chi connectivity index (χ4v) is 13.3. The van der Waals surface area contributed by atoms with E-state index in [-0.39, 0.29) is 32.2 Å². The molecule has 0 aliphatic heterocycles. The molecule has 0 heterocycles. The Balaban J connectivity index is 3.91. The van der Waals surface area contributed by atoms with Crippen molar-refractivity contribution >= 4 is 17.9 Å². The molecule has 0 radical (unpaired) electrons. The lowest BCUT2D eigenvalue weighted by Gasteiger charge is -2.26. The van der Waals surface area contributed by atoms with Crippen LogP contribution < -0.4 is 5.11 Å². The molecule has 0 aromatic heterocycles. The molecule has 2 unspecified atom stereocenters. The predicted octanol–water partition coefficient (Wildman–Crippen LogP) is 26.5. The summed E-state index contributed by atoms with van der Waals surface area (Å²) in [4.78, 5) is 37.6. The van der Waals surface area contributed by atoms with Gasteiger partial charge in [0.05, 0.1) is 40.3 Å². The third kappa shape index (κ3) is 80.7. The number of hydrogen-bond acceptors (Lipinski definition) is 8. The van der Waals surface area contributed by atoms with Crippen LogP contribution in [0.5, 0.6) is 0 Å². The maximum absolute atomic E-state index is 13.0. The Labute approximate surface area is 604 Å². The van der Waals surface area contributed by atoms with Crippen LogP contribution in [0.4, 0.5) is 0 Å². The average Bonchev–Trinajstić information content (AvgIpc) is 3.27. The summed E-state index contributed by atoms with van der Waals surface area (Å²) in [5, 5.41) is 11.9. The van der Waals surface area contributed by atoms with Crippen LogP contribution in [0, 0.1) is 0 Å². The van der Waals surface area contributed by atoms with Crippen LogP contribution in [0.1, 0.15) is 450 Å². The molecule has 572 valence electrons. The molecule has 0 aliphatic carbocycles. The summed E-state index contributed by atoms with van der Waals surface area (Å²) in [5.41, 5.74) is 0. The monoisotopic (exact) mass is 1370 g/mol. The molecular formula is C88H167NO8. The van der Waals surface area contributed by atoms with Gasteiger partial charge in [-0.15, -0.1) is 0 Å². The van der Waals surface area contributed by atoms with Gasteiger partial charge in [0.1, 0.15) is 13.2 Å². The van der Waals surface area contributed by atoms with Crippen molar-refractivity contribution in [2.75, 3.05) is 47.5 Å². The molecule has 0 aromatic rings. The lowest BCUT2D eigenvalue weighted by molar-refractivity contribution is -0.870. The van der Waals surface area contributed by atoms with Crippen LogP contribution in [0.25, 0.3) is 0 Å². The number of esters is 2. The van der Waals surface area contributed by atoms with Crippen molar-refractivity contribution in [3.05, 3.63) is 36.5 Å². The van der Waals surface area contributed by atoms with Crippen LogP contribution >= 0.6 is 0 Å². The second-order valence-electron chi connectivity index (χ2n) is 30.8. The number of hydrogen-bond donors (Lipinski definition) is 0. The zero-order valence-corrected chi connectivity index (χ0v) is 65.7. The van der Waals surface area contributed by atoms with Crippen LogP contribution in [0.2, 0.25) is 0 Å². The number of rotatable bonds is 82. The van der Waals surface area contributed by atoms with Gasteiger partial charge >= 0.3 is 11.9 Å². The molecule has 0 N–H and O–H groups in total. The lowest BCUT2D eigenvalue weighted by Crippen LogP contribution is -2.44. The Morgan fingerprint density at radius 2 is 0.557 bits per heavy atom. The summed E-state index contributed by atoms with van der Waals surface area (Å²) in [7, 11) is 5.96. The molecule has 2 atom stereocenters. The van der Waals surface area contributed by atoms with Crippen molar-refractivity contribution in [2.45, 2.75) is 463 Å². The highest BCUT2D eigenvalue weighted by atomic mass is 16.7. The number of aliphatic carboxylic acids is 1. The topological polar surface area (TPSA) is 111 Å². The molecule has 0 rings (SSSR count). The van der Waals surface area contributed by atoms with Gasteiger partial charge in [-0.25, -0.2) is 0 Å². The van der Waals surface area contributed by atoms with Crippen molar-refractivity contribution in [3.8, 4) is 0 Å². The van der Waals surface area contributed by atoms with E-state index in [4.69, 9.17) is 18.9 Å². The van der Waals surface area contributed by atoms with E-state index in [1.165, 1.54) is 372 Å². The van der Waals surface area contributed by atoms with E-state index in [9.17, 15) is 19.5 Å². The maximum Gasteiger partial charge on any atom is 0.306 e. The fraction of sp³-hybridized carbons (Fsp3) is 0.898. The standard InChI is InChI=1S/C88H167NO8/c1-6-8-10-12-14-16-18-20-22-24-26-28-30-32-34-36-38-39-40-41-42-43-44-45-46-47-49-51-53-55-57-59-61-63-65-67-69-71-73-75-77-79-86(91)97-84(83-96-88(87(92)93)94-81-80-89(3,4)5)82-95-85(90)78-76-74-72-70-68-66-64-62-60-58-56-54-52-50-48-37-35-33-31-29-27-25-23-21-19-17-15-13-11-9-7-2/h18,20,24,26,30,32,84,88H,6-17,19,21-23,25,27-29,31,33-83H2,1-5H3/b20-18-,26-24-,32-30-. The predicted molar refractivity (Wildman–Crippen MR) is 417 cm³/mol. The first-order valence-electron chi connectivity index (χ1n) is 43.1. The highest BCUT2D eigenvalue weighted by Crippen LogP contribution is 2.21. The summed E-state index contributed by atoms with van der Waals surface area (Å²) in [6.07, 6.45) is 100. The van der Waals surface area contributed by atoms with E-state index < -0.39 is 24.3 Å². The van der Waals surface area contributed by atoms with Gasteiger partial charge in [0.2, 0.25) is 0 Å². The van der Waals surface area contributed by atoms with Gasteiger partial charge in [-0.1, -0.05) is 423 Å². The zero-order valence-electron chi connectivity index (χ0n) is 65.7. The fourth-order valence-electron chi connectivity index (χ4n) is 13.3. The first-order valence-corrected chi connectivity index (χ1v) is 43.1. The van der Waals surface area contributed by atoms with E-state index in [0.717, 1.165) is 51.4 Å². The van der Waals surface area contributed by atoms with Crippen LogP contribution in [-0.2, 0) is 33.3 Å². The molecule has 0 aliphatic rings. The van der Waals surface area contributed by atoms with E-state index in [1.807, 2.05) is 21.1 Å². The minimum absolute atomic E-state index is 0.152. The quantitative estimate of drug-likeness (QED) is 0.0195. The molecule has 9 heteroatoms. The van der Waals surface area contributed by atoms with E-state index in [2.05, 4.69) is 50.3 Å². The summed E-state index contributed by atoms with van der Waals surface area (Å²) >= 11 is 0. The van der Waals surface area contributed by atoms with Crippen molar-refractivity contribution in [2.24, 2.45) is 0 Å². The molecule has 0 fully saturated rings. The highest BCUT2D eigenvalue weighted by molar-refractivity contribution is 5.70. The molecule has 97 heavy (non-hydrogen) atoms. The Bertz CT molecular complexity index is 1690. The van der Waals surface area contributed by atoms with Crippen LogP contribution in [0.15, 0.2) is 36.5 Å². The van der Waals surface area contributed by atoms with Gasteiger partial charge in [0, 0.05) is 12.8 Å². The van der Waals surface area contributed by atoms with Gasteiger partial charge < -0.3 is 33.3 Å². The second-order valence-corrected chi connectivity index (χ2v) is 30.8. The first kappa shape index (κ1) is 94.5. The Hall–Kier alpha value is -2.49. The van der Waals surface area contributed by atoms with E-state index in [0.29, 0.717) is 17.4 Å². The molecule has 9 nitrogen and oxygen atoms in total. The second kappa shape index (κ2) is 79.2. The number of carboxylic acid groups (broad SMARTS) is 1. The summed E-state index contributed by atoms with van der Waals surface area (Å²) in [5.74, 6) is -2.24.